The molecule has 1 unspecified atom stereocenters. The molecule has 1 aliphatic carbocycles. The summed E-state index contributed by atoms with van der Waals surface area (Å²) in [5, 5.41) is 3.40. The molecule has 2 rings (SSSR count). The van der Waals surface area contributed by atoms with E-state index in [4.69, 9.17) is 5.73 Å². The molecule has 3 N–H and O–H groups in total. The van der Waals surface area contributed by atoms with Gasteiger partial charge in [0.05, 0.1) is 0 Å². The van der Waals surface area contributed by atoms with Gasteiger partial charge in [0, 0.05) is 38.8 Å². The topological polar surface area (TPSA) is 41.3 Å². The lowest BCUT2D eigenvalue weighted by Gasteiger charge is -2.39. The first-order valence-corrected chi connectivity index (χ1v) is 5.55. The lowest BCUT2D eigenvalue weighted by atomic mass is 9.84. The quantitative estimate of drug-likeness (QED) is 0.648. The van der Waals surface area contributed by atoms with Gasteiger partial charge < -0.3 is 11.1 Å². The van der Waals surface area contributed by atoms with Gasteiger partial charge in [-0.2, -0.15) is 0 Å². The summed E-state index contributed by atoms with van der Waals surface area (Å²) in [6.07, 6.45) is 4.34. The Bertz CT molecular complexity index is 156. The highest BCUT2D eigenvalue weighted by atomic mass is 15.2. The molecule has 1 aliphatic heterocycles. The van der Waals surface area contributed by atoms with E-state index in [2.05, 4.69) is 10.2 Å². The average Bonchev–Trinajstić information content (AvgIpc) is 2.12. The number of rotatable bonds is 3. The molecule has 1 saturated carbocycles. The van der Waals surface area contributed by atoms with E-state index in [1.807, 2.05) is 0 Å². The molecule has 13 heavy (non-hydrogen) atoms. The van der Waals surface area contributed by atoms with Gasteiger partial charge in [0.15, 0.2) is 0 Å². The fraction of sp³-hybridized carbons (Fsp3) is 1.00. The Morgan fingerprint density at radius 3 is 2.85 bits per heavy atom. The Kier molecular flexibility index (Phi) is 3.19. The Labute approximate surface area is 80.7 Å². The molecule has 0 bridgehead atoms. The number of hydrogen-bond donors (Lipinski definition) is 2. The van der Waals surface area contributed by atoms with Crippen molar-refractivity contribution in [2.24, 2.45) is 11.7 Å². The van der Waals surface area contributed by atoms with Gasteiger partial charge in [-0.3, -0.25) is 4.90 Å². The highest BCUT2D eigenvalue weighted by molar-refractivity contribution is 4.83. The first kappa shape index (κ1) is 9.44. The second-order valence-electron chi connectivity index (χ2n) is 4.39. The van der Waals surface area contributed by atoms with Crippen LogP contribution in [0.3, 0.4) is 0 Å². The zero-order valence-corrected chi connectivity index (χ0v) is 8.34. The summed E-state index contributed by atoms with van der Waals surface area (Å²) in [5.74, 6) is 0.979. The molecule has 0 spiro atoms. The van der Waals surface area contributed by atoms with Crippen LogP contribution in [0, 0.1) is 5.92 Å². The minimum Gasteiger partial charge on any atom is -0.329 e. The normalized spacial score (nSPS) is 31.6. The molecule has 1 atom stereocenters. The van der Waals surface area contributed by atoms with E-state index >= 15 is 0 Å². The van der Waals surface area contributed by atoms with Crippen LogP contribution in [0.2, 0.25) is 0 Å². The fourth-order valence-corrected chi connectivity index (χ4v) is 2.28. The van der Waals surface area contributed by atoms with Gasteiger partial charge in [0.1, 0.15) is 0 Å². The monoisotopic (exact) mass is 183 g/mol. The number of nitrogens with zero attached hydrogens (tertiary/aromatic N) is 1. The van der Waals surface area contributed by atoms with Crippen molar-refractivity contribution in [1.82, 2.24) is 10.2 Å². The number of piperazine rings is 1. The lowest BCUT2D eigenvalue weighted by Crippen LogP contribution is -2.55. The molecule has 2 fully saturated rings. The molecular weight excluding hydrogens is 162 g/mol. The van der Waals surface area contributed by atoms with Crippen LogP contribution in [-0.2, 0) is 0 Å². The third-order valence-corrected chi connectivity index (χ3v) is 3.46. The molecule has 2 aliphatic rings. The lowest BCUT2D eigenvalue weighted by molar-refractivity contribution is 0.114. The smallest absolute Gasteiger partial charge is 0.0343 e. The number of nitrogens with one attached hydrogen (secondary N) is 1. The van der Waals surface area contributed by atoms with Crippen LogP contribution in [-0.4, -0.2) is 43.7 Å². The SMILES string of the molecule is NCC1CNCCN1CC1CCC1. The van der Waals surface area contributed by atoms with Crippen LogP contribution >= 0.6 is 0 Å². The minimum absolute atomic E-state index is 0.592. The van der Waals surface area contributed by atoms with Gasteiger partial charge in [-0.25, -0.2) is 0 Å². The average molecular weight is 183 g/mol. The van der Waals surface area contributed by atoms with Gasteiger partial charge in [0.25, 0.3) is 0 Å². The third kappa shape index (κ3) is 2.22. The van der Waals surface area contributed by atoms with Gasteiger partial charge in [0.2, 0.25) is 0 Å². The van der Waals surface area contributed by atoms with E-state index < -0.39 is 0 Å². The van der Waals surface area contributed by atoms with Crippen LogP contribution in [0.1, 0.15) is 19.3 Å². The van der Waals surface area contributed by atoms with Gasteiger partial charge >= 0.3 is 0 Å². The summed E-state index contributed by atoms with van der Waals surface area (Å²) in [5.41, 5.74) is 5.75. The molecule has 0 amide bonds. The third-order valence-electron chi connectivity index (χ3n) is 3.46. The zero-order chi connectivity index (χ0) is 9.10. The van der Waals surface area contributed by atoms with Crippen LogP contribution in [0.25, 0.3) is 0 Å². The standard InChI is InChI=1S/C10H21N3/c11-6-10-7-12-4-5-13(10)8-9-2-1-3-9/h9-10,12H,1-8,11H2. The van der Waals surface area contributed by atoms with E-state index in [0.29, 0.717) is 6.04 Å². The summed E-state index contributed by atoms with van der Waals surface area (Å²) >= 11 is 0. The van der Waals surface area contributed by atoms with Crippen molar-refractivity contribution >= 4 is 0 Å². The molecule has 0 aromatic heterocycles. The molecule has 76 valence electrons. The molecule has 0 aromatic rings. The van der Waals surface area contributed by atoms with Crippen molar-refractivity contribution < 1.29 is 0 Å². The molecule has 0 aromatic carbocycles. The van der Waals surface area contributed by atoms with Crippen LogP contribution in [0.15, 0.2) is 0 Å². The number of nitrogens with two attached hydrogens (primary N) is 1. The maximum atomic E-state index is 5.75. The largest absolute Gasteiger partial charge is 0.329 e. The van der Waals surface area contributed by atoms with Crippen LogP contribution in [0.4, 0.5) is 0 Å². The Morgan fingerprint density at radius 2 is 2.23 bits per heavy atom. The Morgan fingerprint density at radius 1 is 1.38 bits per heavy atom. The molecule has 1 heterocycles. The fourth-order valence-electron chi connectivity index (χ4n) is 2.28. The maximum absolute atomic E-state index is 5.75. The second kappa shape index (κ2) is 4.40. The van der Waals surface area contributed by atoms with Crippen molar-refractivity contribution in [2.75, 3.05) is 32.7 Å². The molecular formula is C10H21N3. The van der Waals surface area contributed by atoms with E-state index in [1.54, 1.807) is 0 Å². The molecule has 1 saturated heterocycles. The highest BCUT2D eigenvalue weighted by Gasteiger charge is 2.26. The summed E-state index contributed by atoms with van der Waals surface area (Å²) in [4.78, 5) is 2.58. The van der Waals surface area contributed by atoms with E-state index in [9.17, 15) is 0 Å². The first-order valence-electron chi connectivity index (χ1n) is 5.55. The van der Waals surface area contributed by atoms with Crippen molar-refractivity contribution in [2.45, 2.75) is 25.3 Å². The van der Waals surface area contributed by atoms with Gasteiger partial charge in [-0.05, 0) is 18.8 Å². The predicted molar refractivity (Wildman–Crippen MR) is 54.6 cm³/mol. The van der Waals surface area contributed by atoms with Crippen molar-refractivity contribution in [3.63, 3.8) is 0 Å². The summed E-state index contributed by atoms with van der Waals surface area (Å²) in [6, 6.07) is 0.592. The number of hydrogen-bond acceptors (Lipinski definition) is 3. The van der Waals surface area contributed by atoms with Crippen molar-refractivity contribution in [1.29, 1.82) is 0 Å². The molecule has 3 heteroatoms. The Balaban J connectivity index is 1.79. The first-order chi connectivity index (χ1) is 6.40. The maximum Gasteiger partial charge on any atom is 0.0343 e. The van der Waals surface area contributed by atoms with Crippen LogP contribution < -0.4 is 11.1 Å². The molecule has 0 radical (unpaired) electrons. The van der Waals surface area contributed by atoms with Crippen molar-refractivity contribution in [3.8, 4) is 0 Å². The van der Waals surface area contributed by atoms with E-state index in [-0.39, 0.29) is 0 Å². The summed E-state index contributed by atoms with van der Waals surface area (Å²) < 4.78 is 0. The van der Waals surface area contributed by atoms with Crippen LogP contribution in [0.5, 0.6) is 0 Å². The summed E-state index contributed by atoms with van der Waals surface area (Å²) in [7, 11) is 0. The molecule has 3 nitrogen and oxygen atoms in total. The highest BCUT2D eigenvalue weighted by Crippen LogP contribution is 2.27. The van der Waals surface area contributed by atoms with E-state index in [0.717, 1.165) is 25.6 Å². The predicted octanol–water partition coefficient (Wildman–Crippen LogP) is 0.0190. The van der Waals surface area contributed by atoms with Crippen molar-refractivity contribution in [3.05, 3.63) is 0 Å². The van der Waals surface area contributed by atoms with Gasteiger partial charge in [-0.1, -0.05) is 6.42 Å². The van der Waals surface area contributed by atoms with Gasteiger partial charge in [-0.15, -0.1) is 0 Å². The van der Waals surface area contributed by atoms with E-state index in [1.165, 1.54) is 32.4 Å². The Hall–Kier alpha value is -0.120. The zero-order valence-electron chi connectivity index (χ0n) is 8.34. The summed E-state index contributed by atoms with van der Waals surface area (Å²) in [6.45, 7) is 5.52. The second-order valence-corrected chi connectivity index (χ2v) is 4.39. The minimum atomic E-state index is 0.592.